The molecule has 0 saturated heterocycles. The van der Waals surface area contributed by atoms with Crippen LogP contribution in [0.2, 0.25) is 10.0 Å². The van der Waals surface area contributed by atoms with Crippen molar-refractivity contribution in [1.29, 1.82) is 5.26 Å². The molecular weight excluding hydrogens is 382 g/mol. The van der Waals surface area contributed by atoms with Crippen LogP contribution in [0.5, 0.6) is 0 Å². The molecule has 1 aromatic carbocycles. The number of pyridine rings is 1. The third-order valence-electron chi connectivity index (χ3n) is 3.58. The molecule has 2 aromatic heterocycles. The molecule has 0 amide bonds. The van der Waals surface area contributed by atoms with E-state index in [1.165, 1.54) is 36.8 Å². The third-order valence-corrected chi connectivity index (χ3v) is 4.07. The highest BCUT2D eigenvalue weighted by molar-refractivity contribution is 6.31. The van der Waals surface area contributed by atoms with Crippen molar-refractivity contribution in [2.75, 3.05) is 0 Å². The lowest BCUT2D eigenvalue weighted by Crippen LogP contribution is -2.39. The van der Waals surface area contributed by atoms with Crippen molar-refractivity contribution in [1.82, 2.24) is 14.1 Å². The van der Waals surface area contributed by atoms with Crippen LogP contribution in [0.1, 0.15) is 0 Å². The second-order valence-corrected chi connectivity index (χ2v) is 6.09. The van der Waals surface area contributed by atoms with Gasteiger partial charge in [-0.05, 0) is 23.8 Å². The number of rotatable bonds is 3. The summed E-state index contributed by atoms with van der Waals surface area (Å²) in [6.07, 6.45) is 3.90. The Morgan fingerprint density at radius 1 is 1.19 bits per heavy atom. The van der Waals surface area contributed by atoms with Gasteiger partial charge in [-0.1, -0.05) is 29.3 Å². The fourth-order valence-electron chi connectivity index (χ4n) is 2.40. The Labute approximate surface area is 156 Å². The zero-order valence-corrected chi connectivity index (χ0v) is 14.5. The van der Waals surface area contributed by atoms with Crippen molar-refractivity contribution in [3.8, 4) is 22.9 Å². The Morgan fingerprint density at radius 2 is 1.96 bits per heavy atom. The van der Waals surface area contributed by atoms with Gasteiger partial charge in [0.25, 0.3) is 5.56 Å². The first-order valence-corrected chi connectivity index (χ1v) is 7.97. The summed E-state index contributed by atoms with van der Waals surface area (Å²) < 4.78 is 15.3. The Balaban J connectivity index is 2.36. The van der Waals surface area contributed by atoms with E-state index >= 15 is 0 Å². The van der Waals surface area contributed by atoms with E-state index in [9.17, 15) is 14.0 Å². The largest absolute Gasteiger partial charge is 0.336 e. The lowest BCUT2D eigenvalue weighted by molar-refractivity contribution is 0.628. The van der Waals surface area contributed by atoms with Crippen LogP contribution in [-0.2, 0) is 6.54 Å². The molecule has 0 N–H and O–H groups in total. The second kappa shape index (κ2) is 7.12. The Kier molecular flexibility index (Phi) is 4.89. The topological polar surface area (TPSA) is 80.7 Å². The summed E-state index contributed by atoms with van der Waals surface area (Å²) in [5.74, 6) is -0.639. The molecule has 6 nitrogen and oxygen atoms in total. The molecule has 0 fully saturated rings. The molecule has 26 heavy (non-hydrogen) atoms. The van der Waals surface area contributed by atoms with Gasteiger partial charge in [0.2, 0.25) is 0 Å². The maximum absolute atomic E-state index is 13.4. The molecule has 3 aromatic rings. The van der Waals surface area contributed by atoms with Crippen molar-refractivity contribution in [2.45, 2.75) is 6.54 Å². The average Bonchev–Trinajstić information content (AvgIpc) is 2.60. The molecule has 130 valence electrons. The van der Waals surface area contributed by atoms with E-state index < -0.39 is 17.1 Å². The fraction of sp³-hybridized carbons (Fsp3) is 0.0588. The number of nitrogens with zero attached hydrogens (tertiary/aromatic N) is 4. The van der Waals surface area contributed by atoms with Gasteiger partial charge < -0.3 is 0 Å². The number of benzene rings is 1. The van der Waals surface area contributed by atoms with Gasteiger partial charge in [0.15, 0.2) is 0 Å². The van der Waals surface area contributed by atoms with Crippen molar-refractivity contribution < 1.29 is 4.39 Å². The maximum atomic E-state index is 13.4. The lowest BCUT2D eigenvalue weighted by atomic mass is 10.1. The zero-order chi connectivity index (χ0) is 18.8. The highest BCUT2D eigenvalue weighted by Gasteiger charge is 2.16. The SMILES string of the molecule is N#CCn1cc(-c2ccc(F)c(Cl)c2)c(=O)n(-c2cncc(Cl)c2)c1=O. The summed E-state index contributed by atoms with van der Waals surface area (Å²) in [6, 6.07) is 7.00. The molecule has 3 rings (SSSR count). The summed E-state index contributed by atoms with van der Waals surface area (Å²) in [5, 5.41) is 9.02. The predicted molar refractivity (Wildman–Crippen MR) is 95.1 cm³/mol. The minimum atomic E-state index is -0.724. The lowest BCUT2D eigenvalue weighted by Gasteiger charge is -2.12. The van der Waals surface area contributed by atoms with Gasteiger partial charge in [-0.3, -0.25) is 14.3 Å². The molecule has 0 radical (unpaired) electrons. The summed E-state index contributed by atoms with van der Waals surface area (Å²) in [6.45, 7) is -0.283. The van der Waals surface area contributed by atoms with Crippen LogP contribution in [0.4, 0.5) is 4.39 Å². The van der Waals surface area contributed by atoms with Gasteiger partial charge in [-0.25, -0.2) is 13.8 Å². The van der Waals surface area contributed by atoms with Crippen LogP contribution >= 0.6 is 23.2 Å². The minimum Gasteiger partial charge on any atom is -0.286 e. The van der Waals surface area contributed by atoms with Crippen LogP contribution in [0.3, 0.4) is 0 Å². The highest BCUT2D eigenvalue weighted by Crippen LogP contribution is 2.22. The molecule has 9 heteroatoms. The molecule has 0 bridgehead atoms. The summed E-state index contributed by atoms with van der Waals surface area (Å²) >= 11 is 11.7. The van der Waals surface area contributed by atoms with E-state index in [2.05, 4.69) is 4.98 Å². The van der Waals surface area contributed by atoms with Crippen molar-refractivity contribution >= 4 is 23.2 Å². The first-order valence-electron chi connectivity index (χ1n) is 7.22. The van der Waals surface area contributed by atoms with Crippen molar-refractivity contribution in [3.05, 3.63) is 79.6 Å². The number of aromatic nitrogens is 3. The van der Waals surface area contributed by atoms with Crippen molar-refractivity contribution in [3.63, 3.8) is 0 Å². The molecule has 0 unspecified atom stereocenters. The van der Waals surface area contributed by atoms with Gasteiger partial charge in [0, 0.05) is 12.4 Å². The van der Waals surface area contributed by atoms with Crippen LogP contribution in [-0.4, -0.2) is 14.1 Å². The summed E-state index contributed by atoms with van der Waals surface area (Å²) in [4.78, 5) is 29.4. The van der Waals surface area contributed by atoms with Gasteiger partial charge in [-0.2, -0.15) is 5.26 Å². The van der Waals surface area contributed by atoms with E-state index in [4.69, 9.17) is 28.5 Å². The van der Waals surface area contributed by atoms with Gasteiger partial charge in [0.1, 0.15) is 12.4 Å². The molecule has 0 saturated carbocycles. The Morgan fingerprint density at radius 3 is 2.62 bits per heavy atom. The molecule has 0 aliphatic heterocycles. The third kappa shape index (κ3) is 3.25. The monoisotopic (exact) mass is 390 g/mol. The number of nitriles is 1. The van der Waals surface area contributed by atoms with E-state index in [1.54, 1.807) is 0 Å². The second-order valence-electron chi connectivity index (χ2n) is 5.24. The first kappa shape index (κ1) is 17.9. The van der Waals surface area contributed by atoms with Gasteiger partial charge in [0.05, 0.1) is 33.6 Å². The maximum Gasteiger partial charge on any atom is 0.336 e. The number of hydrogen-bond acceptors (Lipinski definition) is 4. The number of halogens is 3. The molecule has 0 aliphatic rings. The van der Waals surface area contributed by atoms with Crippen LogP contribution in [0.25, 0.3) is 16.8 Å². The Bertz CT molecular complexity index is 1160. The van der Waals surface area contributed by atoms with Crippen molar-refractivity contribution in [2.24, 2.45) is 0 Å². The summed E-state index contributed by atoms with van der Waals surface area (Å²) in [7, 11) is 0. The van der Waals surface area contributed by atoms with E-state index in [0.29, 0.717) is 5.56 Å². The Hall–Kier alpha value is -2.95. The molecular formula is C17H9Cl2FN4O2. The minimum absolute atomic E-state index is 0.0710. The predicted octanol–water partition coefficient (Wildman–Crippen LogP) is 3.03. The highest BCUT2D eigenvalue weighted by atomic mass is 35.5. The first-order chi connectivity index (χ1) is 12.4. The van der Waals surface area contributed by atoms with Crippen LogP contribution in [0, 0.1) is 17.1 Å². The number of hydrogen-bond donors (Lipinski definition) is 0. The molecule has 0 aliphatic carbocycles. The molecule has 0 atom stereocenters. The van der Waals surface area contributed by atoms with E-state index in [1.807, 2.05) is 6.07 Å². The molecule has 0 spiro atoms. The summed E-state index contributed by atoms with van der Waals surface area (Å²) in [5.41, 5.74) is -0.874. The fourth-order valence-corrected chi connectivity index (χ4v) is 2.75. The normalized spacial score (nSPS) is 10.5. The van der Waals surface area contributed by atoms with Gasteiger partial charge >= 0.3 is 5.69 Å². The van der Waals surface area contributed by atoms with Crippen LogP contribution < -0.4 is 11.2 Å². The quantitative estimate of drug-likeness (QED) is 0.688. The molecule has 2 heterocycles. The van der Waals surface area contributed by atoms with Crippen LogP contribution in [0.15, 0.2) is 52.4 Å². The van der Waals surface area contributed by atoms with Gasteiger partial charge in [-0.15, -0.1) is 0 Å². The standard InChI is InChI=1S/C17H9Cl2FN4O2/c18-11-6-12(8-22-7-11)24-16(25)13(9-23(4-3-21)17(24)26)10-1-2-15(20)14(19)5-10/h1-2,5-9H,4H2. The average molecular weight is 391 g/mol. The zero-order valence-electron chi connectivity index (χ0n) is 13.0. The van der Waals surface area contributed by atoms with E-state index in [0.717, 1.165) is 15.2 Å². The smallest absolute Gasteiger partial charge is 0.286 e. The van der Waals surface area contributed by atoms with E-state index in [-0.39, 0.29) is 27.8 Å².